The Morgan fingerprint density at radius 1 is 1.23 bits per heavy atom. The van der Waals surface area contributed by atoms with Gasteiger partial charge in [-0.2, -0.15) is 5.26 Å². The summed E-state index contributed by atoms with van der Waals surface area (Å²) in [5.41, 5.74) is 2.73. The molecule has 152 valence electrons. The molecule has 0 aliphatic rings. The highest BCUT2D eigenvalue weighted by Crippen LogP contribution is 2.17. The number of aromatic nitrogens is 2. The molecule has 7 heteroatoms. The highest BCUT2D eigenvalue weighted by atomic mass is 16.5. The number of imidazole rings is 1. The van der Waals surface area contributed by atoms with E-state index in [1.807, 2.05) is 29.0 Å². The maximum atomic E-state index is 12.7. The molecule has 0 bridgehead atoms. The van der Waals surface area contributed by atoms with Crippen LogP contribution in [0.15, 0.2) is 67.3 Å². The molecule has 0 aliphatic heterocycles. The quantitative estimate of drug-likeness (QED) is 0.613. The summed E-state index contributed by atoms with van der Waals surface area (Å²) in [4.78, 5) is 29.1. The number of hydrogen-bond donors (Lipinski definition) is 1. The molecule has 0 radical (unpaired) electrons. The Labute approximate surface area is 174 Å². The molecule has 2 aromatic carbocycles. The molecule has 1 amide bonds. The van der Waals surface area contributed by atoms with Crippen molar-refractivity contribution >= 4 is 11.9 Å². The van der Waals surface area contributed by atoms with Crippen molar-refractivity contribution in [3.63, 3.8) is 0 Å². The Balaban J connectivity index is 1.71. The zero-order chi connectivity index (χ0) is 21.5. The van der Waals surface area contributed by atoms with Gasteiger partial charge in [0, 0.05) is 29.7 Å². The van der Waals surface area contributed by atoms with Crippen LogP contribution in [0.2, 0.25) is 0 Å². The van der Waals surface area contributed by atoms with Crippen LogP contribution in [0, 0.1) is 17.2 Å². The predicted molar refractivity (Wildman–Crippen MR) is 111 cm³/mol. The lowest BCUT2D eigenvalue weighted by Gasteiger charge is -2.23. The third-order valence-corrected chi connectivity index (χ3v) is 4.91. The van der Waals surface area contributed by atoms with Gasteiger partial charge in [0.2, 0.25) is 0 Å². The van der Waals surface area contributed by atoms with E-state index in [0.717, 1.165) is 11.3 Å². The highest BCUT2D eigenvalue weighted by Gasteiger charge is 2.28. The minimum Gasteiger partial charge on any atom is -0.469 e. The van der Waals surface area contributed by atoms with Gasteiger partial charge in [0.25, 0.3) is 5.91 Å². The molecule has 3 aromatic rings. The molecule has 2 atom stereocenters. The topological polar surface area (TPSA) is 97.0 Å². The van der Waals surface area contributed by atoms with Gasteiger partial charge in [0.15, 0.2) is 0 Å². The van der Waals surface area contributed by atoms with Gasteiger partial charge in [-0.3, -0.25) is 9.59 Å². The van der Waals surface area contributed by atoms with Crippen molar-refractivity contribution in [1.29, 1.82) is 5.26 Å². The molecule has 2 unspecified atom stereocenters. The largest absolute Gasteiger partial charge is 0.469 e. The summed E-state index contributed by atoms with van der Waals surface area (Å²) in [6.07, 6.45) is 5.53. The summed E-state index contributed by atoms with van der Waals surface area (Å²) < 4.78 is 6.78. The molecule has 0 fully saturated rings. The van der Waals surface area contributed by atoms with Crippen LogP contribution in [0.3, 0.4) is 0 Å². The standard InChI is InChI=1S/C23H22N4O3/c1-16(21(23(29)30-2)13-17-4-3-5-18(12-17)14-24)26-22(28)19-6-8-20(9-7-19)27-11-10-25-15-27/h3-12,15-16,21H,13H2,1-2H3,(H,26,28). The van der Waals surface area contributed by atoms with Crippen molar-refractivity contribution in [2.45, 2.75) is 19.4 Å². The summed E-state index contributed by atoms with van der Waals surface area (Å²) in [5.74, 6) is -1.28. The maximum absolute atomic E-state index is 12.7. The van der Waals surface area contributed by atoms with E-state index in [4.69, 9.17) is 10.00 Å². The Hall–Kier alpha value is -3.92. The fraction of sp³-hybridized carbons (Fsp3) is 0.217. The van der Waals surface area contributed by atoms with E-state index in [1.165, 1.54) is 7.11 Å². The van der Waals surface area contributed by atoms with Crippen LogP contribution in [0.25, 0.3) is 5.69 Å². The number of methoxy groups -OCH3 is 1. The molecule has 0 saturated carbocycles. The molecular formula is C23H22N4O3. The molecular weight excluding hydrogens is 380 g/mol. The second kappa shape index (κ2) is 9.52. The molecule has 30 heavy (non-hydrogen) atoms. The van der Waals surface area contributed by atoms with Crippen LogP contribution in [0.5, 0.6) is 0 Å². The fourth-order valence-electron chi connectivity index (χ4n) is 3.22. The van der Waals surface area contributed by atoms with E-state index >= 15 is 0 Å². The zero-order valence-electron chi connectivity index (χ0n) is 16.8. The Bertz CT molecular complexity index is 1050. The Morgan fingerprint density at radius 2 is 2.00 bits per heavy atom. The van der Waals surface area contributed by atoms with Crippen LogP contribution in [0.4, 0.5) is 0 Å². The van der Waals surface area contributed by atoms with Crippen LogP contribution in [0.1, 0.15) is 28.4 Å². The van der Waals surface area contributed by atoms with Gasteiger partial charge in [0.1, 0.15) is 0 Å². The minimum atomic E-state index is -0.585. The lowest BCUT2D eigenvalue weighted by molar-refractivity contribution is -0.146. The fourth-order valence-corrected chi connectivity index (χ4v) is 3.22. The predicted octanol–water partition coefficient (Wildman–Crippen LogP) is 2.89. The van der Waals surface area contributed by atoms with Crippen LogP contribution < -0.4 is 5.32 Å². The smallest absolute Gasteiger partial charge is 0.311 e. The first kappa shape index (κ1) is 20.8. The molecule has 7 nitrogen and oxygen atoms in total. The summed E-state index contributed by atoms with van der Waals surface area (Å²) in [7, 11) is 1.32. The number of carbonyl (C=O) groups is 2. The van der Waals surface area contributed by atoms with Gasteiger partial charge < -0.3 is 14.6 Å². The summed E-state index contributed by atoms with van der Waals surface area (Å²) in [6, 6.07) is 15.8. The van der Waals surface area contributed by atoms with E-state index in [-0.39, 0.29) is 5.91 Å². The number of carbonyl (C=O) groups excluding carboxylic acids is 2. The first-order valence-corrected chi connectivity index (χ1v) is 9.48. The minimum absolute atomic E-state index is 0.278. The number of benzene rings is 2. The SMILES string of the molecule is COC(=O)C(Cc1cccc(C#N)c1)C(C)NC(=O)c1ccc(-n2ccnc2)cc1. The van der Waals surface area contributed by atoms with Crippen LogP contribution in [-0.2, 0) is 16.0 Å². The van der Waals surface area contributed by atoms with Crippen LogP contribution >= 0.6 is 0 Å². The van der Waals surface area contributed by atoms with Crippen LogP contribution in [-0.4, -0.2) is 34.6 Å². The first-order valence-electron chi connectivity index (χ1n) is 9.48. The third kappa shape index (κ3) is 4.92. The second-order valence-corrected chi connectivity index (χ2v) is 6.92. The van der Waals surface area contributed by atoms with E-state index in [1.54, 1.807) is 49.8 Å². The van der Waals surface area contributed by atoms with Gasteiger partial charge in [0.05, 0.1) is 31.0 Å². The van der Waals surface area contributed by atoms with Gasteiger partial charge in [-0.15, -0.1) is 0 Å². The normalized spacial score (nSPS) is 12.4. The summed E-state index contributed by atoms with van der Waals surface area (Å²) in [5, 5.41) is 12.0. The van der Waals surface area contributed by atoms with Crippen molar-refractivity contribution in [2.75, 3.05) is 7.11 Å². The average molecular weight is 402 g/mol. The van der Waals surface area contributed by atoms with Gasteiger partial charge in [-0.1, -0.05) is 12.1 Å². The van der Waals surface area contributed by atoms with Gasteiger partial charge >= 0.3 is 5.97 Å². The third-order valence-electron chi connectivity index (χ3n) is 4.91. The Kier molecular flexibility index (Phi) is 6.60. The summed E-state index contributed by atoms with van der Waals surface area (Å²) in [6.45, 7) is 1.77. The maximum Gasteiger partial charge on any atom is 0.311 e. The van der Waals surface area contributed by atoms with Crippen molar-refractivity contribution < 1.29 is 14.3 Å². The molecule has 3 rings (SSSR count). The van der Waals surface area contributed by atoms with E-state index < -0.39 is 17.9 Å². The molecule has 1 aromatic heterocycles. The van der Waals surface area contributed by atoms with E-state index in [9.17, 15) is 9.59 Å². The molecule has 0 saturated heterocycles. The highest BCUT2D eigenvalue weighted by molar-refractivity contribution is 5.94. The second-order valence-electron chi connectivity index (χ2n) is 6.92. The number of nitrogens with zero attached hydrogens (tertiary/aromatic N) is 3. The van der Waals surface area contributed by atoms with Gasteiger partial charge in [-0.05, 0) is 55.3 Å². The molecule has 1 N–H and O–H groups in total. The monoisotopic (exact) mass is 402 g/mol. The summed E-state index contributed by atoms with van der Waals surface area (Å²) >= 11 is 0. The van der Waals surface area contributed by atoms with Gasteiger partial charge in [-0.25, -0.2) is 4.98 Å². The number of ether oxygens (including phenoxy) is 1. The Morgan fingerprint density at radius 3 is 2.63 bits per heavy atom. The number of rotatable bonds is 7. The van der Waals surface area contributed by atoms with Crippen molar-refractivity contribution in [2.24, 2.45) is 5.92 Å². The molecule has 1 heterocycles. The number of nitriles is 1. The average Bonchev–Trinajstić information content (AvgIpc) is 3.32. The number of hydrogen-bond acceptors (Lipinski definition) is 5. The lowest BCUT2D eigenvalue weighted by atomic mass is 9.92. The number of amides is 1. The zero-order valence-corrected chi connectivity index (χ0v) is 16.8. The van der Waals surface area contributed by atoms with E-state index in [2.05, 4.69) is 16.4 Å². The molecule has 0 spiro atoms. The first-order chi connectivity index (χ1) is 14.5. The number of esters is 1. The lowest BCUT2D eigenvalue weighted by Crippen LogP contribution is -2.42. The van der Waals surface area contributed by atoms with Crippen molar-refractivity contribution in [1.82, 2.24) is 14.9 Å². The van der Waals surface area contributed by atoms with E-state index in [0.29, 0.717) is 17.5 Å². The van der Waals surface area contributed by atoms with Crippen molar-refractivity contribution in [3.05, 3.63) is 83.9 Å². The number of nitrogens with one attached hydrogen (secondary N) is 1. The van der Waals surface area contributed by atoms with Crippen molar-refractivity contribution in [3.8, 4) is 11.8 Å². The molecule has 0 aliphatic carbocycles.